The van der Waals surface area contributed by atoms with E-state index in [1.165, 1.54) is 31.2 Å². The minimum Gasteiger partial charge on any atom is -0.395 e. The quantitative estimate of drug-likeness (QED) is 0.841. The maximum atomic E-state index is 9.85. The maximum Gasteiger partial charge on any atom is 0.0550 e. The molecule has 18 heavy (non-hydrogen) atoms. The Balaban J connectivity index is 2.27. The highest BCUT2D eigenvalue weighted by Gasteiger charge is 2.35. The molecule has 0 atom stereocenters. The third-order valence-electron chi connectivity index (χ3n) is 4.48. The second kappa shape index (κ2) is 5.85. The Morgan fingerprint density at radius 1 is 1.11 bits per heavy atom. The smallest absolute Gasteiger partial charge is 0.0550 e. The molecule has 1 fully saturated rings. The summed E-state index contributed by atoms with van der Waals surface area (Å²) in [6, 6.07) is 8.12. The van der Waals surface area contributed by atoms with Crippen LogP contribution in [0.5, 0.6) is 0 Å². The number of hydrogen-bond donors (Lipinski definition) is 2. The summed E-state index contributed by atoms with van der Waals surface area (Å²) in [4.78, 5) is 0. The lowest BCUT2D eigenvalue weighted by atomic mass is 9.73. The van der Waals surface area contributed by atoms with Crippen molar-refractivity contribution in [2.24, 2.45) is 5.92 Å². The molecule has 0 radical (unpaired) electrons. The van der Waals surface area contributed by atoms with Gasteiger partial charge in [0.2, 0.25) is 0 Å². The van der Waals surface area contributed by atoms with Crippen LogP contribution in [-0.2, 0) is 5.41 Å². The van der Waals surface area contributed by atoms with Crippen molar-refractivity contribution in [1.29, 1.82) is 0 Å². The minimum atomic E-state index is -0.458. The molecular formula is C16H24O2. The van der Waals surface area contributed by atoms with Gasteiger partial charge in [0, 0.05) is 5.41 Å². The Bertz CT molecular complexity index is 376. The van der Waals surface area contributed by atoms with E-state index < -0.39 is 5.41 Å². The molecule has 2 nitrogen and oxygen atoms in total. The third kappa shape index (κ3) is 2.60. The second-order valence-electron chi connectivity index (χ2n) is 5.77. The first kappa shape index (κ1) is 13.6. The predicted octanol–water partition coefficient (Wildman–Crippen LogP) is 2.80. The van der Waals surface area contributed by atoms with Crippen LogP contribution in [0.2, 0.25) is 0 Å². The molecule has 0 aliphatic heterocycles. The summed E-state index contributed by atoms with van der Waals surface area (Å²) in [6.45, 7) is 2.12. The lowest BCUT2D eigenvalue weighted by Gasteiger charge is -2.34. The predicted molar refractivity (Wildman–Crippen MR) is 73.6 cm³/mol. The van der Waals surface area contributed by atoms with Crippen molar-refractivity contribution in [2.75, 3.05) is 13.2 Å². The number of hydrogen-bond acceptors (Lipinski definition) is 2. The van der Waals surface area contributed by atoms with Crippen LogP contribution < -0.4 is 0 Å². The van der Waals surface area contributed by atoms with E-state index in [1.54, 1.807) is 0 Å². The monoisotopic (exact) mass is 248 g/mol. The van der Waals surface area contributed by atoms with Gasteiger partial charge in [-0.1, -0.05) is 49.9 Å². The van der Waals surface area contributed by atoms with Crippen molar-refractivity contribution in [2.45, 2.75) is 44.4 Å². The Hall–Kier alpha value is -0.860. The lowest BCUT2D eigenvalue weighted by Crippen LogP contribution is -2.37. The Kier molecular flexibility index (Phi) is 4.41. The van der Waals surface area contributed by atoms with Gasteiger partial charge in [-0.05, 0) is 30.4 Å². The van der Waals surface area contributed by atoms with Crippen molar-refractivity contribution < 1.29 is 10.2 Å². The number of aryl methyl sites for hydroxylation is 1. The van der Waals surface area contributed by atoms with Crippen molar-refractivity contribution >= 4 is 0 Å². The fourth-order valence-corrected chi connectivity index (χ4v) is 3.39. The van der Waals surface area contributed by atoms with Crippen molar-refractivity contribution in [3.63, 3.8) is 0 Å². The SMILES string of the molecule is Cc1ccccc1C(CO)(CO)CC1CCCC1. The van der Waals surface area contributed by atoms with Crippen molar-refractivity contribution in [3.8, 4) is 0 Å². The first-order valence-corrected chi connectivity index (χ1v) is 7.00. The average molecular weight is 248 g/mol. The molecule has 2 rings (SSSR count). The molecule has 0 unspecified atom stereocenters. The number of aliphatic hydroxyl groups excluding tert-OH is 2. The molecule has 0 saturated heterocycles. The highest BCUT2D eigenvalue weighted by Crippen LogP contribution is 2.38. The van der Waals surface area contributed by atoms with E-state index >= 15 is 0 Å². The van der Waals surface area contributed by atoms with Gasteiger partial charge in [0.25, 0.3) is 0 Å². The molecule has 0 spiro atoms. The molecule has 100 valence electrons. The molecule has 0 bridgehead atoms. The number of benzene rings is 1. The highest BCUT2D eigenvalue weighted by molar-refractivity contribution is 5.34. The van der Waals surface area contributed by atoms with Gasteiger partial charge in [-0.25, -0.2) is 0 Å². The van der Waals surface area contributed by atoms with Crippen LogP contribution in [0.3, 0.4) is 0 Å². The van der Waals surface area contributed by atoms with Crippen LogP contribution >= 0.6 is 0 Å². The third-order valence-corrected chi connectivity index (χ3v) is 4.48. The highest BCUT2D eigenvalue weighted by atomic mass is 16.3. The van der Waals surface area contributed by atoms with Crippen molar-refractivity contribution in [1.82, 2.24) is 0 Å². The van der Waals surface area contributed by atoms with Crippen LogP contribution in [0.4, 0.5) is 0 Å². The first-order chi connectivity index (χ1) is 8.72. The fraction of sp³-hybridized carbons (Fsp3) is 0.625. The molecule has 1 aliphatic rings. The van der Waals surface area contributed by atoms with E-state index in [4.69, 9.17) is 0 Å². The molecule has 0 heterocycles. The largest absolute Gasteiger partial charge is 0.395 e. The van der Waals surface area contributed by atoms with Gasteiger partial charge in [-0.3, -0.25) is 0 Å². The molecule has 1 saturated carbocycles. The lowest BCUT2D eigenvalue weighted by molar-refractivity contribution is 0.0950. The molecule has 2 N–H and O–H groups in total. The molecular weight excluding hydrogens is 224 g/mol. The summed E-state index contributed by atoms with van der Waals surface area (Å²) in [5.41, 5.74) is 1.82. The maximum absolute atomic E-state index is 9.85. The number of rotatable bonds is 5. The van der Waals surface area contributed by atoms with Crippen LogP contribution in [0.15, 0.2) is 24.3 Å². The molecule has 1 aromatic rings. The van der Waals surface area contributed by atoms with Gasteiger partial charge in [-0.2, -0.15) is 0 Å². The summed E-state index contributed by atoms with van der Waals surface area (Å²) in [6.07, 6.45) is 5.99. The topological polar surface area (TPSA) is 40.5 Å². The molecule has 0 amide bonds. The fourth-order valence-electron chi connectivity index (χ4n) is 3.39. The van der Waals surface area contributed by atoms with E-state index in [1.807, 2.05) is 12.1 Å². The van der Waals surface area contributed by atoms with Gasteiger partial charge in [0.1, 0.15) is 0 Å². The summed E-state index contributed by atoms with van der Waals surface area (Å²) in [5.74, 6) is 0.656. The first-order valence-electron chi connectivity index (χ1n) is 7.00. The van der Waals surface area contributed by atoms with Crippen LogP contribution in [0, 0.1) is 12.8 Å². The Morgan fingerprint density at radius 3 is 2.28 bits per heavy atom. The van der Waals surface area contributed by atoms with E-state index in [-0.39, 0.29) is 13.2 Å². The van der Waals surface area contributed by atoms with E-state index in [9.17, 15) is 10.2 Å². The molecule has 2 heteroatoms. The Labute approximate surface area is 110 Å². The van der Waals surface area contributed by atoms with Gasteiger partial charge in [-0.15, -0.1) is 0 Å². The van der Waals surface area contributed by atoms with Crippen molar-refractivity contribution in [3.05, 3.63) is 35.4 Å². The summed E-state index contributed by atoms with van der Waals surface area (Å²) in [5, 5.41) is 19.7. The summed E-state index contributed by atoms with van der Waals surface area (Å²) >= 11 is 0. The van der Waals surface area contributed by atoms with E-state index in [2.05, 4.69) is 19.1 Å². The molecule has 0 aromatic heterocycles. The zero-order valence-electron chi connectivity index (χ0n) is 11.2. The van der Waals surface area contributed by atoms with Gasteiger partial charge >= 0.3 is 0 Å². The minimum absolute atomic E-state index is 0.0326. The standard InChI is InChI=1S/C16H24O2/c1-13-6-2-5-9-15(13)16(11-17,12-18)10-14-7-3-4-8-14/h2,5-6,9,14,17-18H,3-4,7-8,10-12H2,1H3. The zero-order valence-corrected chi connectivity index (χ0v) is 11.2. The Morgan fingerprint density at radius 2 is 1.72 bits per heavy atom. The summed E-state index contributed by atoms with van der Waals surface area (Å²) in [7, 11) is 0. The van der Waals surface area contributed by atoms with E-state index in [0.29, 0.717) is 5.92 Å². The van der Waals surface area contributed by atoms with Crippen LogP contribution in [-0.4, -0.2) is 23.4 Å². The van der Waals surface area contributed by atoms with Crippen LogP contribution in [0.1, 0.15) is 43.2 Å². The van der Waals surface area contributed by atoms with Gasteiger partial charge < -0.3 is 10.2 Å². The average Bonchev–Trinajstić information content (AvgIpc) is 2.90. The van der Waals surface area contributed by atoms with Gasteiger partial charge in [0.05, 0.1) is 13.2 Å². The molecule has 1 aliphatic carbocycles. The van der Waals surface area contributed by atoms with E-state index in [0.717, 1.165) is 12.0 Å². The van der Waals surface area contributed by atoms with Gasteiger partial charge in [0.15, 0.2) is 0 Å². The van der Waals surface area contributed by atoms with Crippen LogP contribution in [0.25, 0.3) is 0 Å². The zero-order chi connectivity index (χ0) is 13.0. The second-order valence-corrected chi connectivity index (χ2v) is 5.77. The summed E-state index contributed by atoms with van der Waals surface area (Å²) < 4.78 is 0. The normalized spacial score (nSPS) is 17.3. The number of aliphatic hydroxyl groups is 2. The molecule has 1 aromatic carbocycles.